The number of aliphatic hydroxyl groups is 3. The minimum absolute atomic E-state index is 0.0521. The first-order valence-electron chi connectivity index (χ1n) is 38.2. The number of benzene rings is 1. The van der Waals surface area contributed by atoms with E-state index in [1.165, 1.54) is 36.8 Å². The second-order valence-electron chi connectivity index (χ2n) is 36.1. The maximum atomic E-state index is 18.3. The van der Waals surface area contributed by atoms with E-state index in [1.807, 2.05) is 6.26 Å². The third-order valence-electron chi connectivity index (χ3n) is 34.2. The van der Waals surface area contributed by atoms with Gasteiger partial charge >= 0.3 is 11.9 Å². The fourth-order valence-electron chi connectivity index (χ4n) is 32.0. The highest BCUT2D eigenvalue weighted by Crippen LogP contribution is 2.92. The van der Waals surface area contributed by atoms with E-state index < -0.39 is 92.0 Å². The Bertz CT molecular complexity index is 3810. The van der Waals surface area contributed by atoms with Gasteiger partial charge in [0.1, 0.15) is 29.7 Å². The van der Waals surface area contributed by atoms with E-state index in [1.54, 1.807) is 0 Å². The molecule has 1 aromatic heterocycles. The number of esters is 2. The molecule has 13 nitrogen and oxygen atoms in total. The molecule has 8 heterocycles. The molecule has 8 spiro atoms. The summed E-state index contributed by atoms with van der Waals surface area (Å²) in [5.41, 5.74) is -4.89. The van der Waals surface area contributed by atoms with Gasteiger partial charge in [0, 0.05) is 47.2 Å². The molecule has 31 atom stereocenters. The van der Waals surface area contributed by atoms with Crippen molar-refractivity contribution in [1.29, 1.82) is 0 Å². The number of furan rings is 1. The first-order valence-corrected chi connectivity index (χ1v) is 38.2. The molecule has 31 unspecified atom stereocenters. The number of allylic oxidation sites excluding steroid dienone is 3. The number of epoxide rings is 1. The van der Waals surface area contributed by atoms with Gasteiger partial charge in [0.15, 0.2) is 17.5 Å². The summed E-state index contributed by atoms with van der Waals surface area (Å²) in [6.07, 6.45) is 32.4. The Morgan fingerprint density at radius 1 is 0.862 bits per heavy atom. The molecule has 5 saturated heterocycles. The molecule has 1 aromatic carbocycles. The lowest BCUT2D eigenvalue weighted by atomic mass is 9.28. The van der Waals surface area contributed by atoms with Crippen LogP contribution in [0.1, 0.15) is 164 Å². The lowest BCUT2D eigenvalue weighted by molar-refractivity contribution is -0.320. The number of Topliss-reactive ketones (excluding diaryl/α,β-unsaturated/α-hetero) is 1. The van der Waals surface area contributed by atoms with Crippen LogP contribution in [0, 0.1) is 145 Å². The van der Waals surface area contributed by atoms with Crippen molar-refractivity contribution in [2.24, 2.45) is 134 Å². The Morgan fingerprint density at radius 2 is 1.77 bits per heavy atom. The van der Waals surface area contributed by atoms with Crippen LogP contribution in [-0.4, -0.2) is 106 Å². The van der Waals surface area contributed by atoms with E-state index >= 15 is 19.5 Å². The van der Waals surface area contributed by atoms with Gasteiger partial charge in [0.25, 0.3) is 0 Å². The van der Waals surface area contributed by atoms with Crippen LogP contribution in [0.25, 0.3) is 0 Å². The SMILES string of the molecule is CC12CC3CC45CCCC4CC4=CC6C7(CCC8C=CCC9C%10CCCC%10CCC896)OC46C5C(=O)OCC64C7C(=O)C(O)C5(C6CC(Cc7ccccc7)CCC6C#CC6CCc7coc(CC(C(O)CO)C8CCC9C(C=CN%10CNCC9%10)C8)c7C61OC(=O)C1OC152)C34. The van der Waals surface area contributed by atoms with Crippen LogP contribution in [0.4, 0.5) is 0 Å². The molecule has 13 heteroatoms. The fraction of sp³-hybridized carbons (Fsp3) is 0.741. The molecular weight excluding hydrogens is 1180 g/mol. The van der Waals surface area contributed by atoms with Gasteiger partial charge in [-0.3, -0.25) is 14.9 Å². The largest absolute Gasteiger partial charge is 0.469 e. The lowest BCUT2D eigenvalue weighted by Crippen LogP contribution is -2.84. The van der Waals surface area contributed by atoms with E-state index in [4.69, 9.17) is 23.4 Å². The van der Waals surface area contributed by atoms with Gasteiger partial charge in [-0.15, -0.1) is 0 Å². The molecule has 20 aliphatic rings. The van der Waals surface area contributed by atoms with Crippen LogP contribution in [-0.2, 0) is 58.2 Å². The molecule has 15 fully saturated rings. The highest BCUT2D eigenvalue weighted by Gasteiger charge is 3.01. The molecule has 496 valence electrons. The second-order valence-corrected chi connectivity index (χ2v) is 36.1. The van der Waals surface area contributed by atoms with Crippen molar-refractivity contribution in [3.05, 3.63) is 95.1 Å². The molecule has 94 heavy (non-hydrogen) atoms. The molecule has 4 N–H and O–H groups in total. The number of aryl methyl sites for hydroxylation is 1. The second kappa shape index (κ2) is 18.8. The fourth-order valence-corrected chi connectivity index (χ4v) is 32.0. The van der Waals surface area contributed by atoms with Crippen molar-refractivity contribution in [3.8, 4) is 11.8 Å². The average molecular weight is 1270 g/mol. The van der Waals surface area contributed by atoms with Crippen LogP contribution in [0.15, 0.2) is 77.1 Å². The Labute approximate surface area is 553 Å². The number of carbonyl (C=O) groups excluding carboxylic acids is 3. The predicted molar refractivity (Wildman–Crippen MR) is 344 cm³/mol. The molecule has 2 aromatic rings. The summed E-state index contributed by atoms with van der Waals surface area (Å²) in [6, 6.07) is 11.3. The van der Waals surface area contributed by atoms with Gasteiger partial charge in [-0.1, -0.05) is 92.7 Å². The van der Waals surface area contributed by atoms with E-state index in [-0.39, 0.29) is 77.7 Å². The average Bonchev–Trinajstić information content (AvgIpc) is 1.41. The summed E-state index contributed by atoms with van der Waals surface area (Å²) in [5.74, 6) is 8.13. The maximum Gasteiger partial charge on any atom is 0.339 e. The number of rotatable bonds is 7. The standard InChI is InChI=1S/C81H96N2O11/c1-73-36-50-37-74-26-7-12-53(74)33-54-34-63-75-27-23-45-10-5-13-55(45)58(75)14-6-11-51(75)24-28-77(63)67-65(86)69(87)78(66(50)76(67)41-91-71(88)68(74)80(54,76)94-77)59-31-44(30-43-8-3-2-4-9-43)15-16-46(59)17-20-52-21-18-49-40-90-62(64(49)79(52,73)93-72(89)70-81(73,78)92-70)35-57(61(85)39-84)47-19-22-56-48(32-47)25-29-83-42-82-38-60(56)83/h2-4,6,8-9,11,25,29,34,40,44-48,50-53,55-61,63,66-70,82,84-85,87H,5,7,10,12-16,18-19,21-24,26-28,30-33,35-39,41-42H2,1H3. The molecule has 22 rings (SSSR count). The lowest BCUT2D eigenvalue weighted by Gasteiger charge is -2.74. The number of nitrogens with zero attached hydrogens (tertiary/aromatic N) is 1. The van der Waals surface area contributed by atoms with Crippen molar-refractivity contribution in [2.75, 3.05) is 26.4 Å². The first-order chi connectivity index (χ1) is 45.8. The number of nitrogens with one attached hydrogen (secondary N) is 1. The quantitative estimate of drug-likeness (QED) is 0.0891. The zero-order valence-electron chi connectivity index (χ0n) is 54.9. The smallest absolute Gasteiger partial charge is 0.339 e. The van der Waals surface area contributed by atoms with Gasteiger partial charge in [0.2, 0.25) is 0 Å². The van der Waals surface area contributed by atoms with E-state index in [9.17, 15) is 10.2 Å². The van der Waals surface area contributed by atoms with Crippen molar-refractivity contribution < 1.29 is 53.1 Å². The van der Waals surface area contributed by atoms with Gasteiger partial charge in [-0.25, -0.2) is 4.79 Å². The number of hydrogen-bond acceptors (Lipinski definition) is 13. The highest BCUT2D eigenvalue weighted by molar-refractivity contribution is 5.94. The van der Waals surface area contributed by atoms with Crippen LogP contribution in [0.5, 0.6) is 0 Å². The molecule has 7 aliphatic heterocycles. The van der Waals surface area contributed by atoms with Crippen molar-refractivity contribution in [2.45, 2.75) is 208 Å². The molecule has 0 radical (unpaired) electrons. The molecule has 9 bridgehead atoms. The third kappa shape index (κ3) is 6.21. The number of ketones is 1. The zero-order chi connectivity index (χ0) is 62.6. The normalized spacial score (nSPS) is 54.9. The summed E-state index contributed by atoms with van der Waals surface area (Å²) in [5, 5.41) is 42.5. The summed E-state index contributed by atoms with van der Waals surface area (Å²) >= 11 is 0. The summed E-state index contributed by atoms with van der Waals surface area (Å²) in [4.78, 5) is 53.6. The van der Waals surface area contributed by atoms with Crippen LogP contribution < -0.4 is 5.32 Å². The number of aliphatic hydroxyl groups excluding tert-OH is 3. The highest BCUT2D eigenvalue weighted by atomic mass is 16.7. The Balaban J connectivity index is 0.779. The number of hydrogen-bond donors (Lipinski definition) is 4. The summed E-state index contributed by atoms with van der Waals surface area (Å²) in [6.45, 7) is 3.88. The van der Waals surface area contributed by atoms with E-state index in [2.05, 4.69) is 89.8 Å². The predicted octanol–water partition coefficient (Wildman–Crippen LogP) is 10.5. The van der Waals surface area contributed by atoms with E-state index in [0.717, 1.165) is 120 Å². The topological polar surface area (TPSA) is 181 Å². The van der Waals surface area contributed by atoms with Gasteiger partial charge in [-0.2, -0.15) is 0 Å². The van der Waals surface area contributed by atoms with Gasteiger partial charge in [-0.05, 0) is 239 Å². The van der Waals surface area contributed by atoms with Gasteiger partial charge in [0.05, 0.1) is 54.4 Å². The Morgan fingerprint density at radius 3 is 2.66 bits per heavy atom. The van der Waals surface area contributed by atoms with Crippen molar-refractivity contribution in [3.63, 3.8) is 0 Å². The molecule has 13 aliphatic carbocycles. The minimum atomic E-state index is -1.55. The summed E-state index contributed by atoms with van der Waals surface area (Å²) < 4.78 is 39.0. The number of ether oxygens (including phenoxy) is 4. The van der Waals surface area contributed by atoms with Crippen molar-refractivity contribution >= 4 is 17.7 Å². The monoisotopic (exact) mass is 1270 g/mol. The van der Waals surface area contributed by atoms with Gasteiger partial charge < -0.3 is 43.6 Å². The summed E-state index contributed by atoms with van der Waals surface area (Å²) in [7, 11) is 0. The maximum absolute atomic E-state index is 18.3. The zero-order valence-corrected chi connectivity index (χ0v) is 54.9. The van der Waals surface area contributed by atoms with Crippen LogP contribution in [0.2, 0.25) is 0 Å². The number of carbonyl (C=O) groups is 3. The molecule has 10 saturated carbocycles. The van der Waals surface area contributed by atoms with Crippen molar-refractivity contribution in [1.82, 2.24) is 10.2 Å². The number of cyclic esters (lactones) is 1. The molecule has 0 amide bonds. The Kier molecular flexibility index (Phi) is 11.5. The first kappa shape index (κ1) is 57.4. The molecular formula is C81H96N2O11. The third-order valence-corrected chi connectivity index (χ3v) is 34.2. The van der Waals surface area contributed by atoms with E-state index in [0.29, 0.717) is 79.9 Å². The van der Waals surface area contributed by atoms with Crippen LogP contribution in [0.3, 0.4) is 0 Å². The minimum Gasteiger partial charge on any atom is -0.469 e. The number of fused-ring (bicyclic) bond motifs is 7. The van der Waals surface area contributed by atoms with Crippen LogP contribution >= 0.6 is 0 Å². The Hall–Kier alpha value is -4.55.